The summed E-state index contributed by atoms with van der Waals surface area (Å²) in [6, 6.07) is 4.81. The number of anilines is 1. The monoisotopic (exact) mass is 290 g/mol. The SMILES string of the molecule is CNC(=O)C[NH2+]CC(=O)Nc1ccc(Cl)cc1Cl. The zero-order valence-corrected chi connectivity index (χ0v) is 11.3. The number of carbonyl (C=O) groups is 2. The fourth-order valence-electron chi connectivity index (χ4n) is 1.23. The second-order valence-electron chi connectivity index (χ2n) is 3.54. The Hall–Kier alpha value is -1.30. The molecule has 0 aliphatic heterocycles. The summed E-state index contributed by atoms with van der Waals surface area (Å²) in [5.74, 6) is -0.365. The van der Waals surface area contributed by atoms with E-state index in [4.69, 9.17) is 23.2 Å². The minimum absolute atomic E-state index is 0.132. The average molecular weight is 291 g/mol. The van der Waals surface area contributed by atoms with Crippen LogP contribution >= 0.6 is 23.2 Å². The van der Waals surface area contributed by atoms with Gasteiger partial charge >= 0.3 is 0 Å². The maximum absolute atomic E-state index is 11.6. The number of quaternary nitrogens is 1. The maximum atomic E-state index is 11.6. The lowest BCUT2D eigenvalue weighted by Gasteiger charge is -2.06. The topological polar surface area (TPSA) is 74.8 Å². The molecule has 0 radical (unpaired) electrons. The smallest absolute Gasteiger partial charge is 0.279 e. The van der Waals surface area contributed by atoms with Crippen LogP contribution in [0, 0.1) is 0 Å². The molecule has 0 saturated heterocycles. The molecule has 5 nitrogen and oxygen atoms in total. The summed E-state index contributed by atoms with van der Waals surface area (Å²) in [7, 11) is 1.55. The molecule has 0 heterocycles. The molecule has 98 valence electrons. The summed E-state index contributed by atoms with van der Waals surface area (Å²) in [5, 5.41) is 7.58. The molecule has 4 N–H and O–H groups in total. The molecule has 0 fully saturated rings. The Balaban J connectivity index is 2.42. The Morgan fingerprint density at radius 2 is 1.89 bits per heavy atom. The van der Waals surface area contributed by atoms with E-state index in [-0.39, 0.29) is 24.9 Å². The third-order valence-electron chi connectivity index (χ3n) is 2.14. The van der Waals surface area contributed by atoms with Crippen LogP contribution in [0.4, 0.5) is 5.69 Å². The van der Waals surface area contributed by atoms with E-state index in [1.165, 1.54) is 0 Å². The van der Waals surface area contributed by atoms with E-state index in [1.807, 2.05) is 0 Å². The largest absolute Gasteiger partial charge is 0.354 e. The number of likely N-dealkylation sites (N-methyl/N-ethyl adjacent to an activating group) is 1. The second-order valence-corrected chi connectivity index (χ2v) is 4.39. The molecule has 1 aromatic rings. The number of amides is 2. The lowest BCUT2D eigenvalue weighted by atomic mass is 10.3. The number of halogens is 2. The molecule has 0 aliphatic carbocycles. The highest BCUT2D eigenvalue weighted by molar-refractivity contribution is 6.36. The first-order chi connectivity index (χ1) is 8.52. The summed E-state index contributed by atoms with van der Waals surface area (Å²) >= 11 is 11.6. The van der Waals surface area contributed by atoms with Crippen molar-refractivity contribution in [1.29, 1.82) is 0 Å². The zero-order chi connectivity index (χ0) is 13.5. The van der Waals surface area contributed by atoms with Crippen molar-refractivity contribution in [2.24, 2.45) is 0 Å². The van der Waals surface area contributed by atoms with E-state index in [0.717, 1.165) is 0 Å². The van der Waals surface area contributed by atoms with E-state index in [0.29, 0.717) is 15.7 Å². The first-order valence-electron chi connectivity index (χ1n) is 5.30. The molecule has 2 amide bonds. The van der Waals surface area contributed by atoms with Crippen LogP contribution in [0.5, 0.6) is 0 Å². The molecule has 1 aromatic carbocycles. The van der Waals surface area contributed by atoms with Gasteiger partial charge in [0.05, 0.1) is 10.7 Å². The van der Waals surface area contributed by atoms with E-state index in [1.54, 1.807) is 30.6 Å². The van der Waals surface area contributed by atoms with Gasteiger partial charge in [0.25, 0.3) is 11.8 Å². The number of rotatable bonds is 5. The summed E-state index contributed by atoms with van der Waals surface area (Å²) in [4.78, 5) is 22.5. The third-order valence-corrected chi connectivity index (χ3v) is 2.69. The van der Waals surface area contributed by atoms with Gasteiger partial charge < -0.3 is 16.0 Å². The molecular weight excluding hydrogens is 277 g/mol. The number of hydrogen-bond donors (Lipinski definition) is 3. The quantitative estimate of drug-likeness (QED) is 0.727. The summed E-state index contributed by atoms with van der Waals surface area (Å²) in [6.07, 6.45) is 0. The van der Waals surface area contributed by atoms with Gasteiger partial charge in [-0.3, -0.25) is 9.59 Å². The van der Waals surface area contributed by atoms with Gasteiger partial charge in [0.15, 0.2) is 13.1 Å². The van der Waals surface area contributed by atoms with Crippen molar-refractivity contribution in [3.63, 3.8) is 0 Å². The standard InChI is InChI=1S/C11H13Cl2N3O2/c1-14-10(17)5-15-6-11(18)16-9-3-2-7(12)4-8(9)13/h2-4,15H,5-6H2,1H3,(H,14,17)(H,16,18)/p+1. The molecule has 7 heteroatoms. The average Bonchev–Trinajstić information content (AvgIpc) is 2.32. The molecule has 0 atom stereocenters. The number of nitrogens with one attached hydrogen (secondary N) is 2. The molecule has 0 unspecified atom stereocenters. The van der Waals surface area contributed by atoms with Crippen molar-refractivity contribution in [1.82, 2.24) is 5.32 Å². The highest BCUT2D eigenvalue weighted by Crippen LogP contribution is 2.24. The molecule has 0 saturated carbocycles. The summed E-state index contributed by atoms with van der Waals surface area (Å²) < 4.78 is 0. The van der Waals surface area contributed by atoms with E-state index in [2.05, 4.69) is 10.6 Å². The van der Waals surface area contributed by atoms with Crippen LogP contribution in [-0.2, 0) is 9.59 Å². The van der Waals surface area contributed by atoms with Gasteiger partial charge in [-0.1, -0.05) is 23.2 Å². The van der Waals surface area contributed by atoms with Crippen LogP contribution in [0.2, 0.25) is 10.0 Å². The van der Waals surface area contributed by atoms with E-state index < -0.39 is 0 Å². The molecule has 0 spiro atoms. The molecule has 0 aliphatic rings. The number of carbonyl (C=O) groups excluding carboxylic acids is 2. The molecule has 18 heavy (non-hydrogen) atoms. The number of benzene rings is 1. The van der Waals surface area contributed by atoms with Crippen LogP contribution in [-0.4, -0.2) is 32.0 Å². The Kier molecular flexibility index (Phi) is 5.91. The zero-order valence-electron chi connectivity index (χ0n) is 9.80. The van der Waals surface area contributed by atoms with Gasteiger partial charge in [0.1, 0.15) is 0 Å². The minimum Gasteiger partial charge on any atom is -0.354 e. The predicted molar refractivity (Wildman–Crippen MR) is 70.8 cm³/mol. The molecule has 0 aromatic heterocycles. The van der Waals surface area contributed by atoms with E-state index in [9.17, 15) is 9.59 Å². The normalized spacial score (nSPS) is 9.94. The lowest BCUT2D eigenvalue weighted by Crippen LogP contribution is -2.88. The maximum Gasteiger partial charge on any atom is 0.279 e. The number of hydrogen-bond acceptors (Lipinski definition) is 2. The molecule has 1 rings (SSSR count). The summed E-state index contributed by atoms with van der Waals surface area (Å²) in [6.45, 7) is 0.352. The fourth-order valence-corrected chi connectivity index (χ4v) is 1.68. The molecule has 0 bridgehead atoms. The highest BCUT2D eigenvalue weighted by Gasteiger charge is 2.09. The van der Waals surface area contributed by atoms with Gasteiger partial charge in [-0.05, 0) is 18.2 Å². The number of nitrogens with two attached hydrogens (primary N) is 1. The highest BCUT2D eigenvalue weighted by atomic mass is 35.5. The van der Waals surface area contributed by atoms with Crippen LogP contribution in [0.25, 0.3) is 0 Å². The van der Waals surface area contributed by atoms with Gasteiger partial charge in [-0.15, -0.1) is 0 Å². The van der Waals surface area contributed by atoms with Crippen molar-refractivity contribution in [3.8, 4) is 0 Å². The fraction of sp³-hybridized carbons (Fsp3) is 0.273. The van der Waals surface area contributed by atoms with Crippen LogP contribution in [0.3, 0.4) is 0 Å². The lowest BCUT2D eigenvalue weighted by molar-refractivity contribution is -0.632. The Morgan fingerprint density at radius 3 is 2.50 bits per heavy atom. The van der Waals surface area contributed by atoms with Gasteiger partial charge in [0.2, 0.25) is 0 Å². The van der Waals surface area contributed by atoms with Gasteiger partial charge in [-0.25, -0.2) is 0 Å². The summed E-state index contributed by atoms with van der Waals surface area (Å²) in [5.41, 5.74) is 0.499. The van der Waals surface area contributed by atoms with Crippen molar-refractivity contribution in [2.75, 3.05) is 25.5 Å². The first-order valence-corrected chi connectivity index (χ1v) is 6.05. The van der Waals surface area contributed by atoms with Crippen LogP contribution < -0.4 is 16.0 Å². The van der Waals surface area contributed by atoms with Crippen molar-refractivity contribution < 1.29 is 14.9 Å². The van der Waals surface area contributed by atoms with Gasteiger partial charge in [0, 0.05) is 12.1 Å². The van der Waals surface area contributed by atoms with Crippen molar-refractivity contribution >= 4 is 40.7 Å². The van der Waals surface area contributed by atoms with Crippen LogP contribution in [0.1, 0.15) is 0 Å². The van der Waals surface area contributed by atoms with E-state index >= 15 is 0 Å². The Bertz CT molecular complexity index is 452. The third kappa shape index (κ3) is 4.91. The first kappa shape index (κ1) is 14.8. The van der Waals surface area contributed by atoms with Crippen molar-refractivity contribution in [2.45, 2.75) is 0 Å². The van der Waals surface area contributed by atoms with Gasteiger partial charge in [-0.2, -0.15) is 0 Å². The Labute approximate surface area is 115 Å². The van der Waals surface area contributed by atoms with Crippen molar-refractivity contribution in [3.05, 3.63) is 28.2 Å². The minimum atomic E-state index is -0.233. The molecular formula is C11H14Cl2N3O2+. The predicted octanol–water partition coefficient (Wildman–Crippen LogP) is 0.241. The second kappa shape index (κ2) is 7.20. The van der Waals surface area contributed by atoms with Crippen LogP contribution in [0.15, 0.2) is 18.2 Å². The Morgan fingerprint density at radius 1 is 1.22 bits per heavy atom.